The summed E-state index contributed by atoms with van der Waals surface area (Å²) in [7, 11) is 1.97. The Morgan fingerprint density at radius 3 is 3.05 bits per heavy atom. The van der Waals surface area contributed by atoms with Gasteiger partial charge in [0.15, 0.2) is 0 Å². The number of rotatable bonds is 4. The Kier molecular flexibility index (Phi) is 3.87. The fourth-order valence-electron chi connectivity index (χ4n) is 3.04. The zero-order valence-corrected chi connectivity index (χ0v) is 12.3. The van der Waals surface area contributed by atoms with Crippen LogP contribution in [0, 0.1) is 6.92 Å². The number of H-pyrrole nitrogens is 1. The van der Waals surface area contributed by atoms with Gasteiger partial charge in [0.1, 0.15) is 0 Å². The third-order valence-corrected chi connectivity index (χ3v) is 4.12. The van der Waals surface area contributed by atoms with Gasteiger partial charge in [0.05, 0.1) is 11.9 Å². The van der Waals surface area contributed by atoms with E-state index in [0.717, 1.165) is 25.2 Å². The molecule has 0 radical (unpaired) electrons. The number of hydrogen-bond acceptors (Lipinski definition) is 3. The van der Waals surface area contributed by atoms with Crippen LogP contribution >= 0.6 is 0 Å². The molecular weight excluding hydrogens is 250 g/mol. The second-order valence-electron chi connectivity index (χ2n) is 5.89. The molecule has 5 heteroatoms. The van der Waals surface area contributed by atoms with Gasteiger partial charge in [-0.05, 0) is 44.4 Å². The minimum absolute atomic E-state index is 0.586. The minimum Gasteiger partial charge on any atom is -0.302 e. The first-order valence-electron chi connectivity index (χ1n) is 7.42. The molecule has 108 valence electrons. The van der Waals surface area contributed by atoms with Crippen molar-refractivity contribution in [2.75, 3.05) is 19.6 Å². The van der Waals surface area contributed by atoms with Crippen molar-refractivity contribution < 1.29 is 0 Å². The number of piperidine rings is 1. The van der Waals surface area contributed by atoms with Gasteiger partial charge in [0, 0.05) is 37.9 Å². The highest BCUT2D eigenvalue weighted by atomic mass is 15.2. The fraction of sp³-hybridized carbons (Fsp3) is 0.600. The number of aryl methyl sites for hydroxylation is 2. The van der Waals surface area contributed by atoms with Gasteiger partial charge in [-0.2, -0.15) is 10.2 Å². The van der Waals surface area contributed by atoms with Crippen LogP contribution in [0.4, 0.5) is 0 Å². The summed E-state index contributed by atoms with van der Waals surface area (Å²) in [6.07, 6.45) is 7.69. The summed E-state index contributed by atoms with van der Waals surface area (Å²) in [4.78, 5) is 2.56. The monoisotopic (exact) mass is 273 g/mol. The van der Waals surface area contributed by atoms with E-state index in [4.69, 9.17) is 0 Å². The maximum atomic E-state index is 4.43. The Hall–Kier alpha value is -1.62. The summed E-state index contributed by atoms with van der Waals surface area (Å²) < 4.78 is 1.88. The van der Waals surface area contributed by atoms with Gasteiger partial charge in [-0.15, -0.1) is 0 Å². The lowest BCUT2D eigenvalue weighted by molar-refractivity contribution is 0.208. The van der Waals surface area contributed by atoms with Gasteiger partial charge in [0.25, 0.3) is 0 Å². The standard InChI is InChI=1S/C15H23N5/c1-12-8-15(18-17-12)14-4-3-6-20(11-14)7-5-13-9-16-19(2)10-13/h8-10,14H,3-7,11H2,1-2H3,(H,17,18)/t14-/m1/s1. The summed E-state index contributed by atoms with van der Waals surface area (Å²) in [6, 6.07) is 2.19. The predicted octanol–water partition coefficient (Wildman–Crippen LogP) is 1.87. The average molecular weight is 273 g/mol. The topological polar surface area (TPSA) is 49.7 Å². The van der Waals surface area contributed by atoms with Crippen molar-refractivity contribution >= 4 is 0 Å². The van der Waals surface area contributed by atoms with Gasteiger partial charge >= 0.3 is 0 Å². The van der Waals surface area contributed by atoms with E-state index in [1.54, 1.807) is 0 Å². The summed E-state index contributed by atoms with van der Waals surface area (Å²) >= 11 is 0. The van der Waals surface area contributed by atoms with Crippen molar-refractivity contribution in [2.45, 2.75) is 32.1 Å². The first-order valence-corrected chi connectivity index (χ1v) is 7.42. The zero-order valence-electron chi connectivity index (χ0n) is 12.3. The SMILES string of the molecule is Cc1cc([C@@H]2CCCN(CCc3cnn(C)c3)C2)n[nH]1. The second kappa shape index (κ2) is 5.79. The second-order valence-corrected chi connectivity index (χ2v) is 5.89. The Balaban J connectivity index is 1.55. The largest absolute Gasteiger partial charge is 0.302 e. The van der Waals surface area contributed by atoms with Crippen molar-refractivity contribution in [2.24, 2.45) is 7.05 Å². The average Bonchev–Trinajstić information content (AvgIpc) is 3.06. The van der Waals surface area contributed by atoms with Gasteiger partial charge in [-0.3, -0.25) is 9.78 Å². The van der Waals surface area contributed by atoms with Crippen LogP contribution < -0.4 is 0 Å². The lowest BCUT2D eigenvalue weighted by Gasteiger charge is -2.31. The van der Waals surface area contributed by atoms with Crippen molar-refractivity contribution in [1.29, 1.82) is 0 Å². The Morgan fingerprint density at radius 2 is 2.35 bits per heavy atom. The number of aromatic amines is 1. The molecule has 0 spiro atoms. The van der Waals surface area contributed by atoms with Crippen LogP contribution in [0.5, 0.6) is 0 Å². The highest BCUT2D eigenvalue weighted by Gasteiger charge is 2.22. The lowest BCUT2D eigenvalue weighted by Crippen LogP contribution is -2.35. The van der Waals surface area contributed by atoms with Crippen LogP contribution in [0.15, 0.2) is 18.5 Å². The van der Waals surface area contributed by atoms with E-state index in [0.29, 0.717) is 5.92 Å². The molecular formula is C15H23N5. The summed E-state index contributed by atoms with van der Waals surface area (Å²) in [5, 5.41) is 11.7. The maximum absolute atomic E-state index is 4.43. The third-order valence-electron chi connectivity index (χ3n) is 4.12. The fourth-order valence-corrected chi connectivity index (χ4v) is 3.04. The van der Waals surface area contributed by atoms with Crippen LogP contribution in [0.3, 0.4) is 0 Å². The molecule has 0 bridgehead atoms. The van der Waals surface area contributed by atoms with Gasteiger partial charge in [-0.25, -0.2) is 0 Å². The molecule has 0 aromatic carbocycles. The Bertz CT molecular complexity index is 556. The molecule has 0 saturated carbocycles. The van der Waals surface area contributed by atoms with Gasteiger partial charge < -0.3 is 4.90 Å². The van der Waals surface area contributed by atoms with Crippen LogP contribution in [-0.2, 0) is 13.5 Å². The molecule has 2 aromatic rings. The quantitative estimate of drug-likeness (QED) is 0.925. The summed E-state index contributed by atoms with van der Waals surface area (Å²) in [5.74, 6) is 0.586. The molecule has 1 atom stereocenters. The van der Waals surface area contributed by atoms with E-state index < -0.39 is 0 Å². The van der Waals surface area contributed by atoms with Gasteiger partial charge in [0.2, 0.25) is 0 Å². The van der Waals surface area contributed by atoms with Crippen molar-refractivity contribution in [3.63, 3.8) is 0 Å². The van der Waals surface area contributed by atoms with E-state index in [1.165, 1.54) is 30.6 Å². The van der Waals surface area contributed by atoms with E-state index in [9.17, 15) is 0 Å². The predicted molar refractivity (Wildman–Crippen MR) is 78.7 cm³/mol. The Labute approximate surface area is 120 Å². The van der Waals surface area contributed by atoms with E-state index in [1.807, 2.05) is 17.9 Å². The smallest absolute Gasteiger partial charge is 0.0668 e. The minimum atomic E-state index is 0.586. The van der Waals surface area contributed by atoms with Crippen LogP contribution in [0.1, 0.15) is 35.7 Å². The van der Waals surface area contributed by atoms with Gasteiger partial charge in [-0.1, -0.05) is 0 Å². The highest BCUT2D eigenvalue weighted by molar-refractivity contribution is 5.13. The number of nitrogens with zero attached hydrogens (tertiary/aromatic N) is 4. The summed E-state index contributed by atoms with van der Waals surface area (Å²) in [6.45, 7) is 5.52. The van der Waals surface area contributed by atoms with Crippen LogP contribution in [-0.4, -0.2) is 44.5 Å². The third kappa shape index (κ3) is 3.10. The molecule has 1 saturated heterocycles. The first kappa shape index (κ1) is 13.4. The van der Waals surface area contributed by atoms with Crippen molar-refractivity contribution in [3.8, 4) is 0 Å². The number of hydrogen-bond donors (Lipinski definition) is 1. The molecule has 3 heterocycles. The van der Waals surface area contributed by atoms with Crippen molar-refractivity contribution in [3.05, 3.63) is 35.4 Å². The molecule has 1 aliphatic heterocycles. The molecule has 0 unspecified atom stereocenters. The molecule has 1 aliphatic rings. The molecule has 1 fully saturated rings. The van der Waals surface area contributed by atoms with Crippen molar-refractivity contribution in [1.82, 2.24) is 24.9 Å². The first-order chi connectivity index (χ1) is 9.70. The van der Waals surface area contributed by atoms with E-state index in [-0.39, 0.29) is 0 Å². The molecule has 0 amide bonds. The van der Waals surface area contributed by atoms with E-state index >= 15 is 0 Å². The molecule has 5 nitrogen and oxygen atoms in total. The molecule has 2 aromatic heterocycles. The molecule has 0 aliphatic carbocycles. The number of aromatic nitrogens is 4. The highest BCUT2D eigenvalue weighted by Crippen LogP contribution is 2.25. The zero-order chi connectivity index (χ0) is 13.9. The lowest BCUT2D eigenvalue weighted by atomic mass is 9.94. The summed E-state index contributed by atoms with van der Waals surface area (Å²) in [5.41, 5.74) is 3.71. The number of likely N-dealkylation sites (tertiary alicyclic amines) is 1. The van der Waals surface area contributed by atoms with Crippen LogP contribution in [0.25, 0.3) is 0 Å². The maximum Gasteiger partial charge on any atom is 0.0668 e. The molecule has 1 N–H and O–H groups in total. The number of nitrogens with one attached hydrogen (secondary N) is 1. The Morgan fingerprint density at radius 1 is 1.45 bits per heavy atom. The van der Waals surface area contributed by atoms with Crippen LogP contribution in [0.2, 0.25) is 0 Å². The van der Waals surface area contributed by atoms with E-state index in [2.05, 4.69) is 39.4 Å². The molecule has 20 heavy (non-hydrogen) atoms. The normalized spacial score (nSPS) is 20.4. The molecule has 3 rings (SSSR count).